The molecule has 2 saturated heterocycles. The van der Waals surface area contributed by atoms with Gasteiger partial charge in [0.2, 0.25) is 11.8 Å². The molecular formula is C40H36F5N5O4. The molecule has 0 aliphatic carbocycles. The van der Waals surface area contributed by atoms with E-state index in [9.17, 15) is 31.9 Å². The van der Waals surface area contributed by atoms with E-state index in [2.05, 4.69) is 25.1 Å². The maximum atomic E-state index is 14.1. The second-order valence-corrected chi connectivity index (χ2v) is 13.1. The highest BCUT2D eigenvalue weighted by Gasteiger charge is 2.34. The van der Waals surface area contributed by atoms with Gasteiger partial charge in [-0.3, -0.25) is 9.69 Å². The largest absolute Gasteiger partial charge is 0.392 e. The third kappa shape index (κ3) is 8.11. The second-order valence-electron chi connectivity index (χ2n) is 13.1. The number of benzene rings is 4. The van der Waals surface area contributed by atoms with E-state index in [-0.39, 0.29) is 25.4 Å². The van der Waals surface area contributed by atoms with Crippen molar-refractivity contribution in [1.82, 2.24) is 20.2 Å². The van der Waals surface area contributed by atoms with Crippen molar-refractivity contribution in [3.63, 3.8) is 0 Å². The van der Waals surface area contributed by atoms with Crippen LogP contribution in [-0.2, 0) is 22.6 Å². The van der Waals surface area contributed by atoms with Gasteiger partial charge in [0.15, 0.2) is 29.6 Å². The number of carbonyl (C=O) groups is 1. The number of nitrogens with zero attached hydrogens (tertiary/aromatic N) is 4. The minimum atomic E-state index is -2.33. The molecular weight excluding hydrogens is 709 g/mol. The fourth-order valence-corrected chi connectivity index (χ4v) is 6.67. The molecule has 3 unspecified atom stereocenters. The van der Waals surface area contributed by atoms with E-state index in [1.54, 1.807) is 36.7 Å². The normalized spacial score (nSPS) is 19.1. The fourth-order valence-electron chi connectivity index (χ4n) is 6.67. The maximum Gasteiger partial charge on any atom is 0.257 e. The van der Waals surface area contributed by atoms with Crippen molar-refractivity contribution >= 4 is 11.9 Å². The van der Waals surface area contributed by atoms with E-state index in [0.717, 1.165) is 59.9 Å². The molecule has 2 aliphatic rings. The maximum absolute atomic E-state index is 14.1. The number of ether oxygens (including phenoxy) is 2. The summed E-state index contributed by atoms with van der Waals surface area (Å²) in [6, 6.07) is 24.1. The summed E-state index contributed by atoms with van der Waals surface area (Å²) in [5, 5.41) is 11.8. The molecule has 4 aromatic carbocycles. The zero-order chi connectivity index (χ0) is 37.8. The molecule has 0 bridgehead atoms. The number of nitrogens with one attached hydrogen (secondary N) is 1. The Balaban J connectivity index is 1.03. The minimum Gasteiger partial charge on any atom is -0.392 e. The van der Waals surface area contributed by atoms with Crippen LogP contribution in [0.4, 0.5) is 27.9 Å². The fraction of sp³-hybridized carbons (Fsp3) is 0.275. The van der Waals surface area contributed by atoms with Gasteiger partial charge in [-0.25, -0.2) is 31.9 Å². The Morgan fingerprint density at radius 2 is 1.39 bits per heavy atom. The molecule has 0 radical (unpaired) electrons. The Kier molecular flexibility index (Phi) is 11.2. The number of halogens is 5. The lowest BCUT2D eigenvalue weighted by molar-refractivity contribution is -0.253. The lowest BCUT2D eigenvalue weighted by Gasteiger charge is -2.40. The van der Waals surface area contributed by atoms with Crippen molar-refractivity contribution in [3.8, 4) is 11.1 Å². The molecule has 2 fully saturated rings. The number of carbonyl (C=O) groups excluding carboxylic acids is 1. The third-order valence-electron chi connectivity index (χ3n) is 9.62. The van der Waals surface area contributed by atoms with Crippen molar-refractivity contribution in [2.24, 2.45) is 0 Å². The van der Waals surface area contributed by atoms with Crippen LogP contribution in [0.3, 0.4) is 0 Å². The van der Waals surface area contributed by atoms with Crippen molar-refractivity contribution < 1.29 is 41.3 Å². The molecule has 54 heavy (non-hydrogen) atoms. The standard InChI is InChI=1S/C40H36F5N5O4/c41-33-32(34(42)36(44)37(45)35(33)43)38(52)48-21-25-3-1-4-29(19-25)26-9-11-28(12-10-26)39-53-30(20-31(54-39)27-7-5-24(23-51)6-8-27)22-49-15-17-50(18-16-49)40-46-13-2-14-47-40/h1-14,19,30-31,39,51H,15-18,20-23H2,(H,48,52). The third-order valence-corrected chi connectivity index (χ3v) is 9.62. The van der Waals surface area contributed by atoms with Crippen LogP contribution in [0.1, 0.15) is 51.4 Å². The highest BCUT2D eigenvalue weighted by Crippen LogP contribution is 2.39. The number of rotatable bonds is 10. The van der Waals surface area contributed by atoms with Gasteiger partial charge in [0.25, 0.3) is 5.91 Å². The van der Waals surface area contributed by atoms with Crippen LogP contribution in [0.25, 0.3) is 11.1 Å². The molecule has 9 nitrogen and oxygen atoms in total. The Labute approximate surface area is 308 Å². The van der Waals surface area contributed by atoms with Crippen molar-refractivity contribution in [2.45, 2.75) is 38.1 Å². The smallest absolute Gasteiger partial charge is 0.257 e. The predicted molar refractivity (Wildman–Crippen MR) is 188 cm³/mol. The molecule has 0 spiro atoms. The van der Waals surface area contributed by atoms with Crippen molar-refractivity contribution in [2.75, 3.05) is 37.6 Å². The van der Waals surface area contributed by atoms with Crippen molar-refractivity contribution in [1.29, 1.82) is 0 Å². The summed E-state index contributed by atoms with van der Waals surface area (Å²) in [6.07, 6.45) is 3.07. The number of hydrogen-bond donors (Lipinski definition) is 2. The van der Waals surface area contributed by atoms with E-state index in [4.69, 9.17) is 9.47 Å². The molecule has 7 rings (SSSR count). The van der Waals surface area contributed by atoms with Gasteiger partial charge in [0.1, 0.15) is 5.56 Å². The Bertz CT molecular complexity index is 2060. The van der Waals surface area contributed by atoms with E-state index in [0.29, 0.717) is 18.5 Å². The summed E-state index contributed by atoms with van der Waals surface area (Å²) < 4.78 is 82.1. The zero-order valence-electron chi connectivity index (χ0n) is 28.9. The van der Waals surface area contributed by atoms with Crippen LogP contribution in [-0.4, -0.2) is 64.7 Å². The van der Waals surface area contributed by atoms with Crippen molar-refractivity contribution in [3.05, 3.63) is 148 Å². The second kappa shape index (κ2) is 16.4. The number of aliphatic hydroxyl groups is 1. The lowest BCUT2D eigenvalue weighted by atomic mass is 9.98. The topological polar surface area (TPSA) is 100 Å². The summed E-state index contributed by atoms with van der Waals surface area (Å²) >= 11 is 0. The van der Waals surface area contributed by atoms with Crippen LogP contribution in [0.15, 0.2) is 91.3 Å². The molecule has 0 saturated carbocycles. The molecule has 5 aromatic rings. The van der Waals surface area contributed by atoms with Gasteiger partial charge >= 0.3 is 0 Å². The average Bonchev–Trinajstić information content (AvgIpc) is 3.22. The van der Waals surface area contributed by atoms with Crippen LogP contribution < -0.4 is 10.2 Å². The van der Waals surface area contributed by atoms with E-state index < -0.39 is 46.8 Å². The van der Waals surface area contributed by atoms with Gasteiger partial charge in [-0.15, -0.1) is 0 Å². The first-order valence-electron chi connectivity index (χ1n) is 17.4. The minimum absolute atomic E-state index is 0.0531. The Hall–Kier alpha value is -5.28. The number of amides is 1. The van der Waals surface area contributed by atoms with Gasteiger partial charge in [0, 0.05) is 63.6 Å². The lowest BCUT2D eigenvalue weighted by Crippen LogP contribution is -2.50. The summed E-state index contributed by atoms with van der Waals surface area (Å²) in [4.78, 5) is 25.8. The molecule has 14 heteroatoms. The van der Waals surface area contributed by atoms with Gasteiger partial charge in [0.05, 0.1) is 18.8 Å². The Morgan fingerprint density at radius 3 is 2.06 bits per heavy atom. The van der Waals surface area contributed by atoms with Crippen LogP contribution >= 0.6 is 0 Å². The van der Waals surface area contributed by atoms with Crippen LogP contribution in [0.2, 0.25) is 0 Å². The molecule has 1 aromatic heterocycles. The number of hydrogen-bond acceptors (Lipinski definition) is 8. The Morgan fingerprint density at radius 1 is 0.741 bits per heavy atom. The summed E-state index contributed by atoms with van der Waals surface area (Å²) in [5.74, 6) is -11.8. The number of aromatic nitrogens is 2. The first-order valence-corrected chi connectivity index (χ1v) is 17.4. The van der Waals surface area contributed by atoms with Crippen LogP contribution in [0.5, 0.6) is 0 Å². The molecule has 2 N–H and O–H groups in total. The molecule has 2 aliphatic heterocycles. The van der Waals surface area contributed by atoms with E-state index in [1.807, 2.05) is 54.6 Å². The zero-order valence-corrected chi connectivity index (χ0v) is 28.9. The first-order chi connectivity index (χ1) is 26.2. The monoisotopic (exact) mass is 745 g/mol. The molecule has 280 valence electrons. The van der Waals surface area contributed by atoms with Gasteiger partial charge < -0.3 is 24.8 Å². The van der Waals surface area contributed by atoms with Gasteiger partial charge in [-0.1, -0.05) is 66.7 Å². The highest BCUT2D eigenvalue weighted by atomic mass is 19.2. The quantitative estimate of drug-likeness (QED) is 0.0935. The van der Waals surface area contributed by atoms with E-state index >= 15 is 0 Å². The SMILES string of the molecule is O=C(NCc1cccc(-c2ccc(C3OC(CN4CCN(c5ncccn5)CC4)CC(c4ccc(CO)cc4)O3)cc2)c1)c1c(F)c(F)c(F)c(F)c1F. The van der Waals surface area contributed by atoms with Gasteiger partial charge in [-0.05, 0) is 39.9 Å². The van der Waals surface area contributed by atoms with Gasteiger partial charge in [-0.2, -0.15) is 0 Å². The number of aliphatic hydroxyl groups excluding tert-OH is 1. The molecule has 3 heterocycles. The van der Waals surface area contributed by atoms with E-state index in [1.165, 1.54) is 0 Å². The van der Waals surface area contributed by atoms with Crippen LogP contribution in [0, 0.1) is 29.1 Å². The highest BCUT2D eigenvalue weighted by molar-refractivity contribution is 5.94. The number of piperazine rings is 1. The summed E-state index contributed by atoms with van der Waals surface area (Å²) in [5.41, 5.74) is 3.16. The molecule has 1 amide bonds. The predicted octanol–water partition coefficient (Wildman–Crippen LogP) is 6.63. The summed E-state index contributed by atoms with van der Waals surface area (Å²) in [7, 11) is 0. The molecule has 3 atom stereocenters. The summed E-state index contributed by atoms with van der Waals surface area (Å²) in [6.45, 7) is 3.67. The average molecular weight is 746 g/mol. The first kappa shape index (κ1) is 37.1. The number of anilines is 1.